The summed E-state index contributed by atoms with van der Waals surface area (Å²) in [4.78, 5) is 30.4. The first-order valence-corrected chi connectivity index (χ1v) is 13.6. The highest BCUT2D eigenvalue weighted by Crippen LogP contribution is 2.28. The molecule has 0 radical (unpaired) electrons. The number of furan rings is 1. The number of aryl methyl sites for hydroxylation is 1. The molecule has 0 aliphatic rings. The number of tetrazole rings is 1. The van der Waals surface area contributed by atoms with Gasteiger partial charge in [-0.15, -0.1) is 10.2 Å². The number of aromatic nitrogens is 4. The number of nitrogens with one attached hydrogen (secondary N) is 1. The Labute approximate surface area is 246 Å². The topological polar surface area (TPSA) is 106 Å². The van der Waals surface area contributed by atoms with Crippen molar-refractivity contribution in [2.75, 3.05) is 0 Å². The quantitative estimate of drug-likeness (QED) is 0.226. The van der Waals surface area contributed by atoms with Crippen molar-refractivity contribution in [1.82, 2.24) is 30.4 Å². The molecule has 0 bridgehead atoms. The summed E-state index contributed by atoms with van der Waals surface area (Å²) in [6.07, 6.45) is 0. The summed E-state index contributed by atoms with van der Waals surface area (Å²) in [7, 11) is 0. The fourth-order valence-electron chi connectivity index (χ4n) is 4.31. The van der Waals surface area contributed by atoms with Crippen LogP contribution in [0.25, 0.3) is 11.6 Å². The van der Waals surface area contributed by atoms with E-state index in [0.717, 1.165) is 5.56 Å². The van der Waals surface area contributed by atoms with Gasteiger partial charge in [-0.25, -0.2) is 0 Å². The predicted octanol–water partition coefficient (Wildman–Crippen LogP) is 5.63. The van der Waals surface area contributed by atoms with Crippen molar-refractivity contribution >= 4 is 35.0 Å². The SMILES string of the molecule is Cc1ccc(-c2nnn(CC(=O)N(Cc3ccccc3Cl)C(C(=O)NCc3ccccc3)c3ccc(Cl)cc3)n2)o1. The summed E-state index contributed by atoms with van der Waals surface area (Å²) in [5, 5.41) is 16.3. The molecular formula is C30H26Cl2N6O3. The van der Waals surface area contributed by atoms with Gasteiger partial charge >= 0.3 is 0 Å². The number of amides is 2. The molecule has 2 heterocycles. The number of halogens is 2. The van der Waals surface area contributed by atoms with Crippen LogP contribution in [-0.2, 0) is 29.2 Å². The lowest BCUT2D eigenvalue weighted by molar-refractivity contribution is -0.142. The van der Waals surface area contributed by atoms with Gasteiger partial charge in [0.15, 0.2) is 5.76 Å². The van der Waals surface area contributed by atoms with E-state index in [2.05, 4.69) is 20.7 Å². The van der Waals surface area contributed by atoms with E-state index in [4.69, 9.17) is 27.6 Å². The normalized spacial score (nSPS) is 11.7. The summed E-state index contributed by atoms with van der Waals surface area (Å²) < 4.78 is 5.58. The van der Waals surface area contributed by atoms with E-state index in [9.17, 15) is 9.59 Å². The summed E-state index contributed by atoms with van der Waals surface area (Å²) in [6.45, 7) is 1.88. The fourth-order valence-corrected chi connectivity index (χ4v) is 4.63. The predicted molar refractivity (Wildman–Crippen MR) is 155 cm³/mol. The molecule has 5 rings (SSSR count). The van der Waals surface area contributed by atoms with Crippen LogP contribution in [0.15, 0.2) is 95.4 Å². The molecule has 41 heavy (non-hydrogen) atoms. The molecule has 11 heteroatoms. The molecular weight excluding hydrogens is 563 g/mol. The van der Waals surface area contributed by atoms with Crippen LogP contribution in [0.1, 0.15) is 28.5 Å². The zero-order chi connectivity index (χ0) is 28.8. The van der Waals surface area contributed by atoms with Gasteiger partial charge in [-0.05, 0) is 59.2 Å². The van der Waals surface area contributed by atoms with Crippen LogP contribution in [0.4, 0.5) is 0 Å². The Morgan fingerprint density at radius 2 is 1.68 bits per heavy atom. The molecule has 0 saturated carbocycles. The van der Waals surface area contributed by atoms with Crippen LogP contribution in [0.3, 0.4) is 0 Å². The molecule has 208 valence electrons. The number of benzene rings is 3. The Kier molecular flexibility index (Phi) is 8.76. The first-order valence-electron chi connectivity index (χ1n) is 12.8. The van der Waals surface area contributed by atoms with Crippen LogP contribution >= 0.6 is 23.2 Å². The van der Waals surface area contributed by atoms with Gasteiger partial charge in [0.25, 0.3) is 0 Å². The molecule has 1 unspecified atom stereocenters. The Hall–Kier alpha value is -4.47. The highest BCUT2D eigenvalue weighted by Gasteiger charge is 2.32. The maximum atomic E-state index is 14.0. The molecule has 2 aromatic heterocycles. The maximum Gasteiger partial charge on any atom is 0.247 e. The van der Waals surface area contributed by atoms with Gasteiger partial charge in [0, 0.05) is 23.1 Å². The summed E-state index contributed by atoms with van der Waals surface area (Å²) in [5.41, 5.74) is 2.18. The molecule has 0 fully saturated rings. The largest absolute Gasteiger partial charge is 0.458 e. The summed E-state index contributed by atoms with van der Waals surface area (Å²) in [5.74, 6) is 0.603. The minimum absolute atomic E-state index is 0.0590. The molecule has 5 aromatic rings. The lowest BCUT2D eigenvalue weighted by Gasteiger charge is -2.31. The molecule has 1 N–H and O–H groups in total. The molecule has 3 aromatic carbocycles. The van der Waals surface area contributed by atoms with E-state index in [1.165, 1.54) is 9.70 Å². The van der Waals surface area contributed by atoms with Crippen molar-refractivity contribution in [1.29, 1.82) is 0 Å². The maximum absolute atomic E-state index is 14.0. The van der Waals surface area contributed by atoms with Gasteiger partial charge < -0.3 is 14.6 Å². The minimum Gasteiger partial charge on any atom is -0.458 e. The lowest BCUT2D eigenvalue weighted by atomic mass is 10.0. The average molecular weight is 589 g/mol. The molecule has 9 nitrogen and oxygen atoms in total. The van der Waals surface area contributed by atoms with Crippen molar-refractivity contribution in [3.05, 3.63) is 123 Å². The van der Waals surface area contributed by atoms with Gasteiger partial charge in [-0.3, -0.25) is 9.59 Å². The smallest absolute Gasteiger partial charge is 0.247 e. The second-order valence-corrected chi connectivity index (χ2v) is 10.2. The third-order valence-corrected chi connectivity index (χ3v) is 6.99. The monoisotopic (exact) mass is 588 g/mol. The Balaban J connectivity index is 1.48. The third kappa shape index (κ3) is 7.00. The number of carbonyl (C=O) groups excluding carboxylic acids is 2. The highest BCUT2D eigenvalue weighted by molar-refractivity contribution is 6.31. The standard InChI is InChI=1S/C30H26Cl2N6O3/c1-20-11-16-26(41-20)29-34-36-38(35-29)19-27(39)37(18-23-9-5-6-10-25(23)32)28(22-12-14-24(31)15-13-22)30(40)33-17-21-7-3-2-4-8-21/h2-16,28H,17-19H2,1H3,(H,33,40). The molecule has 0 aliphatic heterocycles. The van der Waals surface area contributed by atoms with E-state index >= 15 is 0 Å². The Bertz CT molecular complexity index is 1640. The molecule has 0 spiro atoms. The van der Waals surface area contributed by atoms with E-state index in [1.807, 2.05) is 49.4 Å². The number of rotatable bonds is 10. The van der Waals surface area contributed by atoms with Gasteiger partial charge in [-0.2, -0.15) is 4.80 Å². The van der Waals surface area contributed by atoms with Crippen LogP contribution in [-0.4, -0.2) is 36.9 Å². The van der Waals surface area contributed by atoms with Crippen LogP contribution in [0.5, 0.6) is 0 Å². The number of hydrogen-bond donors (Lipinski definition) is 1. The fraction of sp³-hybridized carbons (Fsp3) is 0.167. The van der Waals surface area contributed by atoms with E-state index < -0.39 is 11.9 Å². The van der Waals surface area contributed by atoms with Gasteiger partial charge in [0.1, 0.15) is 18.3 Å². The van der Waals surface area contributed by atoms with Gasteiger partial charge in [0.2, 0.25) is 17.6 Å². The number of hydrogen-bond acceptors (Lipinski definition) is 6. The number of nitrogens with zero attached hydrogens (tertiary/aromatic N) is 5. The van der Waals surface area contributed by atoms with Crippen molar-refractivity contribution in [2.45, 2.75) is 32.6 Å². The van der Waals surface area contributed by atoms with Crippen molar-refractivity contribution in [2.24, 2.45) is 0 Å². The van der Waals surface area contributed by atoms with E-state index in [1.54, 1.807) is 48.5 Å². The van der Waals surface area contributed by atoms with Crippen molar-refractivity contribution < 1.29 is 14.0 Å². The third-order valence-electron chi connectivity index (χ3n) is 6.36. The first kappa shape index (κ1) is 28.1. The van der Waals surface area contributed by atoms with Gasteiger partial charge in [0.05, 0.1) is 0 Å². The highest BCUT2D eigenvalue weighted by atomic mass is 35.5. The zero-order valence-electron chi connectivity index (χ0n) is 22.1. The Morgan fingerprint density at radius 1 is 0.951 bits per heavy atom. The zero-order valence-corrected chi connectivity index (χ0v) is 23.6. The second kappa shape index (κ2) is 12.8. The summed E-state index contributed by atoms with van der Waals surface area (Å²) in [6, 6.07) is 26.1. The van der Waals surface area contributed by atoms with Crippen molar-refractivity contribution in [3.63, 3.8) is 0 Å². The molecule has 0 saturated heterocycles. The van der Waals surface area contributed by atoms with Gasteiger partial charge in [-0.1, -0.05) is 83.9 Å². The van der Waals surface area contributed by atoms with Crippen LogP contribution in [0.2, 0.25) is 10.0 Å². The van der Waals surface area contributed by atoms with E-state index in [-0.39, 0.29) is 31.4 Å². The van der Waals surface area contributed by atoms with Crippen LogP contribution in [0, 0.1) is 6.92 Å². The second-order valence-electron chi connectivity index (χ2n) is 9.32. The lowest BCUT2D eigenvalue weighted by Crippen LogP contribution is -2.44. The molecule has 2 amide bonds. The Morgan fingerprint density at radius 3 is 2.39 bits per heavy atom. The average Bonchev–Trinajstić information content (AvgIpc) is 3.63. The minimum atomic E-state index is -1.00. The first-order chi connectivity index (χ1) is 19.9. The molecule has 0 aliphatic carbocycles. The van der Waals surface area contributed by atoms with E-state index in [0.29, 0.717) is 32.7 Å². The number of carbonyl (C=O) groups is 2. The van der Waals surface area contributed by atoms with Crippen molar-refractivity contribution in [3.8, 4) is 11.6 Å². The summed E-state index contributed by atoms with van der Waals surface area (Å²) >= 11 is 12.7. The molecule has 1 atom stereocenters. The van der Waals surface area contributed by atoms with Crippen LogP contribution < -0.4 is 5.32 Å².